The van der Waals surface area contributed by atoms with E-state index in [0.29, 0.717) is 12.6 Å². The highest BCUT2D eigenvalue weighted by atomic mass is 17.1. The van der Waals surface area contributed by atoms with Gasteiger partial charge in [0.05, 0.1) is 21.1 Å². The predicted octanol–water partition coefficient (Wildman–Crippen LogP) is 2.03. The molecular formula is C15H28N3O2+. The summed E-state index contributed by atoms with van der Waals surface area (Å²) >= 11 is 0. The molecule has 5 nitrogen and oxygen atoms in total. The first kappa shape index (κ1) is 17.0. The van der Waals surface area contributed by atoms with Gasteiger partial charge in [-0.2, -0.15) is 0 Å². The average Bonchev–Trinajstić information content (AvgIpc) is 2.84. The number of likely N-dealkylation sites (tertiary alicyclic amines) is 1. The van der Waals surface area contributed by atoms with E-state index in [1.165, 1.54) is 24.9 Å². The molecule has 1 atom stereocenters. The third kappa shape index (κ3) is 6.43. The standard InChI is InChI=1S/C10H14N2.C5H13NO2/c1-12-7-3-5-10(12)9-4-2-6-11-8-9;1-6(2,3)4-5-8-7/h2,4,6,8,10H,3,5,7H2,1H3;4-5H2,1-3H3/p+1/t10-;/m0./s1. The van der Waals surface area contributed by atoms with Gasteiger partial charge in [-0.05, 0) is 38.1 Å². The fraction of sp³-hybridized carbons (Fsp3) is 0.667. The Labute approximate surface area is 122 Å². The highest BCUT2D eigenvalue weighted by Gasteiger charge is 2.21. The Kier molecular flexibility index (Phi) is 7.09. The zero-order valence-corrected chi connectivity index (χ0v) is 13.1. The second-order valence-electron chi connectivity index (χ2n) is 6.27. The van der Waals surface area contributed by atoms with Crippen LogP contribution in [0.15, 0.2) is 24.5 Å². The molecular weight excluding hydrogens is 254 g/mol. The fourth-order valence-corrected chi connectivity index (χ4v) is 2.22. The minimum Gasteiger partial charge on any atom is -0.329 e. The molecule has 0 spiro atoms. The lowest BCUT2D eigenvalue weighted by Gasteiger charge is -2.22. The van der Waals surface area contributed by atoms with E-state index in [4.69, 9.17) is 5.26 Å². The molecule has 1 aromatic heterocycles. The third-order valence-corrected chi connectivity index (χ3v) is 3.44. The lowest BCUT2D eigenvalue weighted by molar-refractivity contribution is -0.871. The molecule has 0 saturated carbocycles. The lowest BCUT2D eigenvalue weighted by Crippen LogP contribution is -2.37. The van der Waals surface area contributed by atoms with Crippen LogP contribution in [0.2, 0.25) is 0 Å². The van der Waals surface area contributed by atoms with Gasteiger partial charge in [0, 0.05) is 18.4 Å². The second-order valence-corrected chi connectivity index (χ2v) is 6.27. The summed E-state index contributed by atoms with van der Waals surface area (Å²) in [5.74, 6) is 0. The van der Waals surface area contributed by atoms with Gasteiger partial charge < -0.3 is 4.48 Å². The summed E-state index contributed by atoms with van der Waals surface area (Å²) in [5, 5.41) is 7.92. The van der Waals surface area contributed by atoms with Crippen molar-refractivity contribution in [2.75, 3.05) is 47.9 Å². The van der Waals surface area contributed by atoms with Gasteiger partial charge in [-0.25, -0.2) is 4.89 Å². The Hall–Kier alpha value is -1.01. The largest absolute Gasteiger partial charge is 0.329 e. The summed E-state index contributed by atoms with van der Waals surface area (Å²) in [4.78, 5) is 10.4. The van der Waals surface area contributed by atoms with Crippen molar-refractivity contribution >= 4 is 0 Å². The number of quaternary nitrogens is 1. The number of likely N-dealkylation sites (N-methyl/N-ethyl adjacent to an activating group) is 1. The Morgan fingerprint density at radius 1 is 1.45 bits per heavy atom. The molecule has 1 N–H and O–H groups in total. The zero-order valence-electron chi connectivity index (χ0n) is 13.1. The zero-order chi connectivity index (χ0) is 15.0. The van der Waals surface area contributed by atoms with E-state index < -0.39 is 0 Å². The summed E-state index contributed by atoms with van der Waals surface area (Å²) in [6, 6.07) is 4.79. The Morgan fingerprint density at radius 3 is 2.60 bits per heavy atom. The van der Waals surface area contributed by atoms with E-state index in [9.17, 15) is 0 Å². The summed E-state index contributed by atoms with van der Waals surface area (Å²) < 4.78 is 0.820. The van der Waals surface area contributed by atoms with Crippen LogP contribution in [0.5, 0.6) is 0 Å². The molecule has 0 aliphatic carbocycles. The fourth-order valence-electron chi connectivity index (χ4n) is 2.22. The maximum atomic E-state index is 7.92. The van der Waals surface area contributed by atoms with E-state index in [0.717, 1.165) is 11.0 Å². The average molecular weight is 282 g/mol. The summed E-state index contributed by atoms with van der Waals surface area (Å²) in [5.41, 5.74) is 1.36. The summed E-state index contributed by atoms with van der Waals surface area (Å²) in [6.07, 6.45) is 6.41. The molecule has 1 aliphatic heterocycles. The molecule has 1 fully saturated rings. The quantitative estimate of drug-likeness (QED) is 0.521. The molecule has 0 radical (unpaired) electrons. The van der Waals surface area contributed by atoms with Crippen LogP contribution in [0.3, 0.4) is 0 Å². The van der Waals surface area contributed by atoms with Gasteiger partial charge in [0.15, 0.2) is 0 Å². The van der Waals surface area contributed by atoms with Crippen molar-refractivity contribution < 1.29 is 14.6 Å². The Bertz CT molecular complexity index is 365. The van der Waals surface area contributed by atoms with Crippen molar-refractivity contribution in [3.05, 3.63) is 30.1 Å². The molecule has 2 heterocycles. The summed E-state index contributed by atoms with van der Waals surface area (Å²) in [6.45, 7) is 2.46. The van der Waals surface area contributed by atoms with Crippen LogP contribution in [-0.2, 0) is 4.89 Å². The van der Waals surface area contributed by atoms with Crippen LogP contribution in [0.4, 0.5) is 0 Å². The molecule has 2 rings (SSSR count). The minimum atomic E-state index is 0.406. The van der Waals surface area contributed by atoms with Crippen LogP contribution in [0, 0.1) is 0 Å². The number of hydrogen-bond acceptors (Lipinski definition) is 4. The Morgan fingerprint density at radius 2 is 2.20 bits per heavy atom. The van der Waals surface area contributed by atoms with Crippen LogP contribution in [0.1, 0.15) is 24.4 Å². The van der Waals surface area contributed by atoms with Gasteiger partial charge in [-0.1, -0.05) is 6.07 Å². The van der Waals surface area contributed by atoms with E-state index in [-0.39, 0.29) is 0 Å². The van der Waals surface area contributed by atoms with Crippen molar-refractivity contribution in [1.29, 1.82) is 0 Å². The SMILES string of the molecule is CN1CCC[C@H]1c1cccnc1.C[N+](C)(C)CCOO. The number of hydrogen-bond donors (Lipinski definition) is 1. The van der Waals surface area contributed by atoms with Crippen molar-refractivity contribution in [2.24, 2.45) is 0 Å². The lowest BCUT2D eigenvalue weighted by atomic mass is 10.1. The topological polar surface area (TPSA) is 45.6 Å². The van der Waals surface area contributed by atoms with E-state index in [1.807, 2.05) is 39.6 Å². The van der Waals surface area contributed by atoms with Crippen LogP contribution in [0.25, 0.3) is 0 Å². The van der Waals surface area contributed by atoms with Gasteiger partial charge >= 0.3 is 0 Å². The molecule has 0 amide bonds. The smallest absolute Gasteiger partial charge is 0.131 e. The number of aromatic nitrogens is 1. The maximum absolute atomic E-state index is 7.92. The minimum absolute atomic E-state index is 0.406. The van der Waals surface area contributed by atoms with E-state index in [1.54, 1.807) is 0 Å². The van der Waals surface area contributed by atoms with Crippen molar-refractivity contribution in [1.82, 2.24) is 9.88 Å². The van der Waals surface area contributed by atoms with Gasteiger partial charge in [-0.3, -0.25) is 15.1 Å². The first-order valence-corrected chi connectivity index (χ1v) is 7.11. The van der Waals surface area contributed by atoms with Gasteiger partial charge in [0.1, 0.15) is 13.2 Å². The van der Waals surface area contributed by atoms with Crippen molar-refractivity contribution in [3.63, 3.8) is 0 Å². The van der Waals surface area contributed by atoms with Gasteiger partial charge in [0.25, 0.3) is 0 Å². The maximum Gasteiger partial charge on any atom is 0.131 e. The van der Waals surface area contributed by atoms with Crippen LogP contribution in [-0.4, -0.2) is 67.5 Å². The first-order chi connectivity index (χ1) is 9.44. The molecule has 20 heavy (non-hydrogen) atoms. The third-order valence-electron chi connectivity index (χ3n) is 3.44. The molecule has 0 aromatic carbocycles. The highest BCUT2D eigenvalue weighted by Crippen LogP contribution is 2.29. The number of pyridine rings is 1. The van der Waals surface area contributed by atoms with Gasteiger partial charge in [-0.15, -0.1) is 0 Å². The van der Waals surface area contributed by atoms with E-state index in [2.05, 4.69) is 27.9 Å². The van der Waals surface area contributed by atoms with E-state index >= 15 is 0 Å². The number of rotatable bonds is 4. The van der Waals surface area contributed by atoms with Gasteiger partial charge in [0.2, 0.25) is 0 Å². The molecule has 1 saturated heterocycles. The van der Waals surface area contributed by atoms with Crippen molar-refractivity contribution in [2.45, 2.75) is 18.9 Å². The predicted molar refractivity (Wildman–Crippen MR) is 80.3 cm³/mol. The molecule has 1 aromatic rings. The molecule has 114 valence electrons. The molecule has 0 bridgehead atoms. The highest BCUT2D eigenvalue weighted by molar-refractivity contribution is 5.14. The molecule has 1 aliphatic rings. The second kappa shape index (κ2) is 8.32. The monoisotopic (exact) mass is 282 g/mol. The molecule has 0 unspecified atom stereocenters. The Balaban J connectivity index is 0.000000221. The number of nitrogens with zero attached hydrogens (tertiary/aromatic N) is 3. The van der Waals surface area contributed by atoms with Crippen LogP contribution < -0.4 is 0 Å². The normalized spacial score (nSPS) is 19.6. The van der Waals surface area contributed by atoms with Crippen LogP contribution >= 0.6 is 0 Å². The molecule has 5 heteroatoms. The first-order valence-electron chi connectivity index (χ1n) is 7.11. The van der Waals surface area contributed by atoms with Crippen molar-refractivity contribution in [3.8, 4) is 0 Å². The summed E-state index contributed by atoms with van der Waals surface area (Å²) in [7, 11) is 8.31.